The molecular formula is C12H17F3N2O2S. The van der Waals surface area contributed by atoms with Crippen LogP contribution in [-0.4, -0.2) is 21.1 Å². The Labute approximate surface area is 116 Å². The molecule has 0 bridgehead atoms. The van der Waals surface area contributed by atoms with Crippen molar-refractivity contribution in [2.75, 3.05) is 12.3 Å². The third-order valence-corrected chi connectivity index (χ3v) is 4.20. The summed E-state index contributed by atoms with van der Waals surface area (Å²) in [6.07, 6.45) is -5.10. The molecule has 20 heavy (non-hydrogen) atoms. The highest BCUT2D eigenvalue weighted by molar-refractivity contribution is 7.89. The Morgan fingerprint density at radius 3 is 2.45 bits per heavy atom. The number of nitrogen functional groups attached to an aromatic ring is 1. The largest absolute Gasteiger partial charge is 0.398 e. The van der Waals surface area contributed by atoms with Crippen LogP contribution in [0.25, 0.3) is 0 Å². The molecule has 0 heterocycles. The molecule has 114 valence electrons. The predicted molar refractivity (Wildman–Crippen MR) is 70.7 cm³/mol. The summed E-state index contributed by atoms with van der Waals surface area (Å²) < 4.78 is 61.7. The number of unbranched alkanes of at least 4 members (excludes halogenated alkanes) is 1. The third-order valence-electron chi connectivity index (χ3n) is 2.74. The van der Waals surface area contributed by atoms with Crippen LogP contribution in [0.1, 0.15) is 24.8 Å². The second kappa shape index (κ2) is 6.45. The van der Waals surface area contributed by atoms with E-state index in [1.807, 2.05) is 0 Å². The smallest absolute Gasteiger partial charge is 0.389 e. The minimum atomic E-state index is -4.20. The maximum absolute atomic E-state index is 11.9. The van der Waals surface area contributed by atoms with Gasteiger partial charge in [0.05, 0.1) is 4.90 Å². The quantitative estimate of drug-likeness (QED) is 0.626. The number of sulfonamides is 1. The van der Waals surface area contributed by atoms with Crippen LogP contribution in [-0.2, 0) is 10.0 Å². The molecule has 3 N–H and O–H groups in total. The molecule has 0 aromatic heterocycles. The number of benzene rings is 1. The van der Waals surface area contributed by atoms with E-state index in [9.17, 15) is 21.6 Å². The summed E-state index contributed by atoms with van der Waals surface area (Å²) in [5, 5.41) is 0. The van der Waals surface area contributed by atoms with Crippen molar-refractivity contribution in [3.63, 3.8) is 0 Å². The molecule has 1 aromatic rings. The first-order valence-electron chi connectivity index (χ1n) is 6.04. The van der Waals surface area contributed by atoms with E-state index < -0.39 is 22.6 Å². The van der Waals surface area contributed by atoms with Crippen molar-refractivity contribution in [2.45, 2.75) is 37.3 Å². The van der Waals surface area contributed by atoms with Gasteiger partial charge in [-0.1, -0.05) is 6.07 Å². The van der Waals surface area contributed by atoms with Crippen LogP contribution in [0, 0.1) is 6.92 Å². The summed E-state index contributed by atoms with van der Waals surface area (Å²) in [4.78, 5) is 0.0106. The van der Waals surface area contributed by atoms with Crippen LogP contribution < -0.4 is 10.5 Å². The standard InChI is InChI=1S/C12H17F3N2O2S/c1-9-4-5-10(8-11(9)16)20(18,19)17-7-3-2-6-12(13,14)15/h4-5,8,17H,2-3,6-7,16H2,1H3. The minimum Gasteiger partial charge on any atom is -0.398 e. The van der Waals surface area contributed by atoms with Crippen molar-refractivity contribution in [3.8, 4) is 0 Å². The second-order valence-electron chi connectivity index (χ2n) is 4.49. The number of hydrogen-bond donors (Lipinski definition) is 2. The Bertz CT molecular complexity index is 556. The molecule has 1 aromatic carbocycles. The van der Waals surface area contributed by atoms with E-state index in [4.69, 9.17) is 5.73 Å². The summed E-state index contributed by atoms with van der Waals surface area (Å²) in [7, 11) is -3.73. The first-order chi connectivity index (χ1) is 9.12. The number of alkyl halides is 3. The summed E-state index contributed by atoms with van der Waals surface area (Å²) in [5.41, 5.74) is 6.73. The van der Waals surface area contributed by atoms with Crippen LogP contribution in [0.15, 0.2) is 23.1 Å². The van der Waals surface area contributed by atoms with E-state index in [0.29, 0.717) is 5.69 Å². The van der Waals surface area contributed by atoms with Crippen molar-refractivity contribution < 1.29 is 21.6 Å². The van der Waals surface area contributed by atoms with Crippen LogP contribution >= 0.6 is 0 Å². The topological polar surface area (TPSA) is 72.2 Å². The van der Waals surface area contributed by atoms with Crippen LogP contribution in [0.4, 0.5) is 18.9 Å². The van der Waals surface area contributed by atoms with E-state index >= 15 is 0 Å². The first-order valence-corrected chi connectivity index (χ1v) is 7.53. The van der Waals surface area contributed by atoms with Gasteiger partial charge in [0.25, 0.3) is 0 Å². The molecule has 0 aliphatic heterocycles. The summed E-state index contributed by atoms with van der Waals surface area (Å²) in [6, 6.07) is 4.31. The Balaban J connectivity index is 2.52. The molecule has 0 spiro atoms. The monoisotopic (exact) mass is 310 g/mol. The van der Waals surface area contributed by atoms with Gasteiger partial charge < -0.3 is 5.73 Å². The maximum Gasteiger partial charge on any atom is 0.389 e. The molecule has 0 radical (unpaired) electrons. The number of aryl methyl sites for hydroxylation is 1. The summed E-state index contributed by atoms with van der Waals surface area (Å²) in [5.74, 6) is 0. The number of halogens is 3. The Morgan fingerprint density at radius 2 is 1.90 bits per heavy atom. The van der Waals surface area contributed by atoms with Crippen LogP contribution in [0.5, 0.6) is 0 Å². The van der Waals surface area contributed by atoms with Gasteiger partial charge >= 0.3 is 6.18 Å². The second-order valence-corrected chi connectivity index (χ2v) is 6.26. The van der Waals surface area contributed by atoms with Crippen molar-refractivity contribution in [2.24, 2.45) is 0 Å². The number of nitrogens with one attached hydrogen (secondary N) is 1. The van der Waals surface area contributed by atoms with Crippen molar-refractivity contribution in [3.05, 3.63) is 23.8 Å². The van der Waals surface area contributed by atoms with E-state index in [-0.39, 0.29) is 24.3 Å². The van der Waals surface area contributed by atoms with Gasteiger partial charge in [-0.15, -0.1) is 0 Å². The zero-order chi connectivity index (χ0) is 15.4. The van der Waals surface area contributed by atoms with Crippen LogP contribution in [0.2, 0.25) is 0 Å². The highest BCUT2D eigenvalue weighted by atomic mass is 32.2. The summed E-state index contributed by atoms with van der Waals surface area (Å²) >= 11 is 0. The fraction of sp³-hybridized carbons (Fsp3) is 0.500. The lowest BCUT2D eigenvalue weighted by atomic mass is 10.2. The van der Waals surface area contributed by atoms with Gasteiger partial charge in [0.2, 0.25) is 10.0 Å². The number of nitrogens with two attached hydrogens (primary N) is 1. The van der Waals surface area contributed by atoms with Gasteiger partial charge in [-0.3, -0.25) is 0 Å². The maximum atomic E-state index is 11.9. The molecule has 0 saturated carbocycles. The molecule has 0 saturated heterocycles. The van der Waals surface area contributed by atoms with Gasteiger partial charge in [0.15, 0.2) is 0 Å². The Morgan fingerprint density at radius 1 is 1.25 bits per heavy atom. The molecular weight excluding hydrogens is 293 g/mol. The van der Waals surface area contributed by atoms with E-state index in [0.717, 1.165) is 5.56 Å². The number of hydrogen-bond acceptors (Lipinski definition) is 3. The van der Waals surface area contributed by atoms with E-state index in [1.54, 1.807) is 13.0 Å². The zero-order valence-electron chi connectivity index (χ0n) is 11.0. The van der Waals surface area contributed by atoms with E-state index in [2.05, 4.69) is 4.72 Å². The van der Waals surface area contributed by atoms with Gasteiger partial charge in [-0.25, -0.2) is 13.1 Å². The fourth-order valence-corrected chi connectivity index (χ4v) is 2.64. The molecule has 0 aliphatic rings. The first kappa shape index (κ1) is 16.8. The SMILES string of the molecule is Cc1ccc(S(=O)(=O)NCCCCC(F)(F)F)cc1N. The predicted octanol–water partition coefficient (Wildman–Crippen LogP) is 2.59. The van der Waals surface area contributed by atoms with Gasteiger partial charge in [0.1, 0.15) is 0 Å². The molecule has 4 nitrogen and oxygen atoms in total. The van der Waals surface area contributed by atoms with Crippen LogP contribution in [0.3, 0.4) is 0 Å². The van der Waals surface area contributed by atoms with Gasteiger partial charge in [-0.05, 0) is 37.5 Å². The lowest BCUT2D eigenvalue weighted by molar-refractivity contribution is -0.135. The molecule has 0 aliphatic carbocycles. The zero-order valence-corrected chi connectivity index (χ0v) is 11.8. The molecule has 1 rings (SSSR count). The number of anilines is 1. The Hall–Kier alpha value is -1.28. The average molecular weight is 310 g/mol. The van der Waals surface area contributed by atoms with Crippen molar-refractivity contribution in [1.82, 2.24) is 4.72 Å². The lowest BCUT2D eigenvalue weighted by Crippen LogP contribution is -2.25. The molecule has 0 unspecified atom stereocenters. The highest BCUT2D eigenvalue weighted by Crippen LogP contribution is 2.22. The number of rotatable bonds is 6. The highest BCUT2D eigenvalue weighted by Gasteiger charge is 2.26. The minimum absolute atomic E-state index is 0.0106. The molecule has 0 fully saturated rings. The summed E-state index contributed by atoms with van der Waals surface area (Å²) in [6.45, 7) is 1.71. The van der Waals surface area contributed by atoms with Crippen molar-refractivity contribution >= 4 is 15.7 Å². The van der Waals surface area contributed by atoms with Gasteiger partial charge in [-0.2, -0.15) is 13.2 Å². The lowest BCUT2D eigenvalue weighted by Gasteiger charge is -2.09. The molecule has 0 amide bonds. The Kier molecular flexibility index (Phi) is 5.41. The average Bonchev–Trinajstić information content (AvgIpc) is 2.30. The normalized spacial score (nSPS) is 12.6. The van der Waals surface area contributed by atoms with E-state index in [1.165, 1.54) is 12.1 Å². The third kappa shape index (κ3) is 5.38. The molecule has 8 heteroatoms. The fourth-order valence-electron chi connectivity index (χ4n) is 1.53. The van der Waals surface area contributed by atoms with Crippen molar-refractivity contribution in [1.29, 1.82) is 0 Å². The molecule has 0 atom stereocenters. The van der Waals surface area contributed by atoms with Gasteiger partial charge in [0, 0.05) is 18.7 Å².